The fourth-order valence-electron chi connectivity index (χ4n) is 2.49. The Morgan fingerprint density at radius 3 is 2.95 bits per heavy atom. The third kappa shape index (κ3) is 2.32. The first-order valence-corrected chi connectivity index (χ1v) is 6.56. The molecule has 1 aromatic carbocycles. The summed E-state index contributed by atoms with van der Waals surface area (Å²) in [5.41, 5.74) is 0.847. The molecule has 0 bridgehead atoms. The molecule has 0 aliphatic carbocycles. The molecule has 0 amide bonds. The number of fused-ring (bicyclic) bond motifs is 1. The van der Waals surface area contributed by atoms with Crippen molar-refractivity contribution < 1.29 is 14.6 Å². The van der Waals surface area contributed by atoms with Gasteiger partial charge in [0.1, 0.15) is 5.82 Å². The first-order valence-electron chi connectivity index (χ1n) is 6.56. The van der Waals surface area contributed by atoms with Crippen LogP contribution in [-0.4, -0.2) is 34.8 Å². The van der Waals surface area contributed by atoms with E-state index in [9.17, 15) is 4.79 Å². The number of pyridine rings is 1. The molecule has 2 N–H and O–H groups in total. The highest BCUT2D eigenvalue weighted by atomic mass is 16.5. The van der Waals surface area contributed by atoms with Crippen molar-refractivity contribution in [1.29, 1.82) is 0 Å². The number of anilines is 1. The second-order valence-corrected chi connectivity index (χ2v) is 5.36. The molecule has 1 unspecified atom stereocenters. The van der Waals surface area contributed by atoms with E-state index >= 15 is 0 Å². The van der Waals surface area contributed by atoms with Gasteiger partial charge in [-0.15, -0.1) is 0 Å². The van der Waals surface area contributed by atoms with Crippen LogP contribution in [0.2, 0.25) is 0 Å². The molecule has 5 heteroatoms. The quantitative estimate of drug-likeness (QED) is 0.898. The van der Waals surface area contributed by atoms with E-state index in [1.165, 1.54) is 0 Å². The monoisotopic (exact) mass is 272 g/mol. The van der Waals surface area contributed by atoms with Crippen LogP contribution in [-0.2, 0) is 4.74 Å². The van der Waals surface area contributed by atoms with E-state index in [1.54, 1.807) is 18.2 Å². The second-order valence-electron chi connectivity index (χ2n) is 5.36. The average molecular weight is 272 g/mol. The second kappa shape index (κ2) is 4.76. The Labute approximate surface area is 116 Å². The summed E-state index contributed by atoms with van der Waals surface area (Å²) < 4.78 is 5.40. The highest BCUT2D eigenvalue weighted by Gasteiger charge is 2.29. The molecule has 1 aliphatic heterocycles. The molecule has 1 aliphatic rings. The van der Waals surface area contributed by atoms with Crippen LogP contribution in [0.3, 0.4) is 0 Å². The van der Waals surface area contributed by atoms with Crippen LogP contribution in [0.4, 0.5) is 5.82 Å². The minimum absolute atomic E-state index is 0.106. The number of hydrogen-bond acceptors (Lipinski definition) is 4. The van der Waals surface area contributed by atoms with Crippen molar-refractivity contribution in [2.45, 2.75) is 18.9 Å². The lowest BCUT2D eigenvalue weighted by molar-refractivity contribution is 0.0699. The average Bonchev–Trinajstić information content (AvgIpc) is 2.84. The van der Waals surface area contributed by atoms with Crippen molar-refractivity contribution in [3.05, 3.63) is 35.9 Å². The van der Waals surface area contributed by atoms with Gasteiger partial charge in [0.25, 0.3) is 0 Å². The number of nitrogens with one attached hydrogen (secondary N) is 1. The van der Waals surface area contributed by atoms with Crippen LogP contribution in [0.1, 0.15) is 23.7 Å². The zero-order valence-corrected chi connectivity index (χ0v) is 11.2. The van der Waals surface area contributed by atoms with Gasteiger partial charge in [-0.3, -0.25) is 0 Å². The van der Waals surface area contributed by atoms with Gasteiger partial charge in [-0.1, -0.05) is 6.07 Å². The van der Waals surface area contributed by atoms with Crippen LogP contribution < -0.4 is 5.32 Å². The molecule has 1 atom stereocenters. The molecular formula is C15H16N2O3. The predicted octanol–water partition coefficient (Wildman–Crippen LogP) is 2.52. The fraction of sp³-hybridized carbons (Fsp3) is 0.333. The Kier molecular flexibility index (Phi) is 3.06. The molecule has 0 saturated carbocycles. The van der Waals surface area contributed by atoms with Crippen molar-refractivity contribution in [3.8, 4) is 0 Å². The predicted molar refractivity (Wildman–Crippen MR) is 76.2 cm³/mol. The zero-order valence-electron chi connectivity index (χ0n) is 11.2. The molecule has 0 spiro atoms. The van der Waals surface area contributed by atoms with Gasteiger partial charge in [-0.2, -0.15) is 0 Å². The van der Waals surface area contributed by atoms with E-state index < -0.39 is 5.97 Å². The number of carboxylic acids is 1. The van der Waals surface area contributed by atoms with E-state index in [4.69, 9.17) is 9.84 Å². The summed E-state index contributed by atoms with van der Waals surface area (Å²) in [7, 11) is 0. The summed E-state index contributed by atoms with van der Waals surface area (Å²) in [6.45, 7) is 3.50. The molecular weight excluding hydrogens is 256 g/mol. The lowest BCUT2D eigenvalue weighted by Gasteiger charge is -2.24. The van der Waals surface area contributed by atoms with Gasteiger partial charge >= 0.3 is 5.97 Å². The number of ether oxygens (including phenoxy) is 1. The Morgan fingerprint density at radius 2 is 2.25 bits per heavy atom. The number of hydrogen-bond donors (Lipinski definition) is 2. The minimum Gasteiger partial charge on any atom is -0.478 e. The Balaban J connectivity index is 1.97. The number of nitrogens with zero attached hydrogens (tertiary/aromatic N) is 1. The van der Waals surface area contributed by atoms with Crippen LogP contribution >= 0.6 is 0 Å². The maximum absolute atomic E-state index is 11.2. The summed E-state index contributed by atoms with van der Waals surface area (Å²) in [5, 5.41) is 13.2. The highest BCUT2D eigenvalue weighted by molar-refractivity contribution is 6.02. The van der Waals surface area contributed by atoms with Gasteiger partial charge < -0.3 is 15.2 Å². The molecule has 104 valence electrons. The SMILES string of the molecule is CC1(Nc2ccc3c(C(=O)O)cccc3n2)CCOC1. The maximum Gasteiger partial charge on any atom is 0.336 e. The van der Waals surface area contributed by atoms with Crippen molar-refractivity contribution in [3.63, 3.8) is 0 Å². The van der Waals surface area contributed by atoms with Crippen molar-refractivity contribution >= 4 is 22.7 Å². The van der Waals surface area contributed by atoms with Crippen LogP contribution in [0.25, 0.3) is 10.9 Å². The van der Waals surface area contributed by atoms with E-state index in [0.29, 0.717) is 17.5 Å². The lowest BCUT2D eigenvalue weighted by atomic mass is 10.0. The number of aromatic carboxylic acids is 1. The van der Waals surface area contributed by atoms with Crippen LogP contribution in [0, 0.1) is 0 Å². The molecule has 2 aromatic rings. The Bertz CT molecular complexity index is 663. The Morgan fingerprint density at radius 1 is 1.40 bits per heavy atom. The normalized spacial score (nSPS) is 22.1. The van der Waals surface area contributed by atoms with E-state index in [-0.39, 0.29) is 11.1 Å². The molecule has 2 heterocycles. The molecule has 1 fully saturated rings. The van der Waals surface area contributed by atoms with Gasteiger partial charge in [0.05, 0.1) is 23.2 Å². The molecule has 20 heavy (non-hydrogen) atoms. The summed E-state index contributed by atoms with van der Waals surface area (Å²) in [6, 6.07) is 8.74. The standard InChI is InChI=1S/C15H16N2O3/c1-15(7-8-20-9-15)17-13-6-5-10-11(14(18)19)3-2-4-12(10)16-13/h2-6H,7-9H2,1H3,(H,16,17)(H,18,19). The maximum atomic E-state index is 11.2. The Hall–Kier alpha value is -2.14. The van der Waals surface area contributed by atoms with Crippen LogP contribution in [0.5, 0.6) is 0 Å². The number of carbonyl (C=O) groups is 1. The summed E-state index contributed by atoms with van der Waals surface area (Å²) in [5.74, 6) is -0.192. The van der Waals surface area contributed by atoms with Crippen molar-refractivity contribution in [1.82, 2.24) is 4.98 Å². The number of benzene rings is 1. The number of aromatic nitrogens is 1. The van der Waals surface area contributed by atoms with Gasteiger partial charge in [0, 0.05) is 12.0 Å². The van der Waals surface area contributed by atoms with Gasteiger partial charge in [0.2, 0.25) is 0 Å². The van der Waals surface area contributed by atoms with E-state index in [0.717, 1.165) is 18.8 Å². The fourth-order valence-corrected chi connectivity index (χ4v) is 2.49. The summed E-state index contributed by atoms with van der Waals surface area (Å²) in [6.07, 6.45) is 0.932. The molecule has 0 radical (unpaired) electrons. The highest BCUT2D eigenvalue weighted by Crippen LogP contribution is 2.25. The zero-order chi connectivity index (χ0) is 14.2. The molecule has 1 saturated heterocycles. The lowest BCUT2D eigenvalue weighted by Crippen LogP contribution is -2.35. The largest absolute Gasteiger partial charge is 0.478 e. The summed E-state index contributed by atoms with van der Waals surface area (Å²) in [4.78, 5) is 15.7. The first-order chi connectivity index (χ1) is 9.57. The van der Waals surface area contributed by atoms with Crippen LogP contribution in [0.15, 0.2) is 30.3 Å². The minimum atomic E-state index is -0.936. The number of carboxylic acid groups (broad SMARTS) is 1. The molecule has 1 aromatic heterocycles. The topological polar surface area (TPSA) is 71.5 Å². The van der Waals surface area contributed by atoms with Gasteiger partial charge in [0.15, 0.2) is 0 Å². The smallest absolute Gasteiger partial charge is 0.336 e. The molecule has 5 nitrogen and oxygen atoms in total. The van der Waals surface area contributed by atoms with Gasteiger partial charge in [-0.05, 0) is 37.6 Å². The third-order valence-corrected chi connectivity index (χ3v) is 3.61. The number of rotatable bonds is 3. The van der Waals surface area contributed by atoms with Gasteiger partial charge in [-0.25, -0.2) is 9.78 Å². The molecule has 3 rings (SSSR count). The third-order valence-electron chi connectivity index (χ3n) is 3.61. The van der Waals surface area contributed by atoms with E-state index in [1.807, 2.05) is 12.1 Å². The summed E-state index contributed by atoms with van der Waals surface area (Å²) >= 11 is 0. The van der Waals surface area contributed by atoms with Crippen molar-refractivity contribution in [2.24, 2.45) is 0 Å². The van der Waals surface area contributed by atoms with E-state index in [2.05, 4.69) is 17.2 Å². The van der Waals surface area contributed by atoms with Crippen molar-refractivity contribution in [2.75, 3.05) is 18.5 Å². The first kappa shape index (κ1) is 12.9.